The number of fused-ring (bicyclic) bond motifs is 1. The Morgan fingerprint density at radius 1 is 1.16 bits per heavy atom. The van der Waals surface area contributed by atoms with E-state index >= 15 is 0 Å². The maximum absolute atomic E-state index is 12.5. The summed E-state index contributed by atoms with van der Waals surface area (Å²) in [7, 11) is -1.61. The van der Waals surface area contributed by atoms with Crippen LogP contribution in [0.2, 0.25) is 0 Å². The van der Waals surface area contributed by atoms with Gasteiger partial charge in [0.15, 0.2) is 0 Å². The molecule has 1 aliphatic heterocycles. The van der Waals surface area contributed by atoms with Crippen LogP contribution in [-0.2, 0) is 23.1 Å². The lowest BCUT2D eigenvalue weighted by Gasteiger charge is -2.42. The van der Waals surface area contributed by atoms with Crippen LogP contribution in [0.5, 0.6) is 5.75 Å². The van der Waals surface area contributed by atoms with Crippen molar-refractivity contribution in [3.8, 4) is 5.75 Å². The van der Waals surface area contributed by atoms with Crippen LogP contribution < -0.4 is 10.3 Å². The average molecular weight is 527 g/mol. The van der Waals surface area contributed by atoms with E-state index in [0.717, 1.165) is 16.7 Å². The van der Waals surface area contributed by atoms with Crippen molar-refractivity contribution in [1.82, 2.24) is 8.87 Å². The van der Waals surface area contributed by atoms with Crippen molar-refractivity contribution in [3.63, 3.8) is 0 Å². The van der Waals surface area contributed by atoms with Gasteiger partial charge in [-0.1, -0.05) is 36.4 Å². The first-order valence-corrected chi connectivity index (χ1v) is 13.8. The minimum Gasteiger partial charge on any atom is -0.487 e. The molecular weight excluding hydrogens is 492 g/mol. The molecule has 0 radical (unpaired) electrons. The van der Waals surface area contributed by atoms with Crippen molar-refractivity contribution in [2.24, 2.45) is 7.05 Å². The van der Waals surface area contributed by atoms with Crippen molar-refractivity contribution < 1.29 is 23.4 Å². The summed E-state index contributed by atoms with van der Waals surface area (Å²) >= 11 is 0. The number of ether oxygens (including phenoxy) is 2. The monoisotopic (exact) mass is 526 g/mol. The van der Waals surface area contributed by atoms with Crippen LogP contribution >= 0.6 is 10.8 Å². The Hall–Kier alpha value is -3.11. The highest BCUT2D eigenvalue weighted by Crippen LogP contribution is 2.57. The first-order valence-electron chi connectivity index (χ1n) is 12.3. The molecule has 2 N–H and O–H groups in total. The average Bonchev–Trinajstić information content (AvgIpc) is 2.94. The molecule has 0 fully saturated rings. The minimum absolute atomic E-state index is 0.0742. The number of aryl methyl sites for hydroxylation is 1. The first-order chi connectivity index (χ1) is 17.6. The Morgan fingerprint density at radius 3 is 2.68 bits per heavy atom. The van der Waals surface area contributed by atoms with Gasteiger partial charge in [-0.2, -0.15) is 4.31 Å². The van der Waals surface area contributed by atoms with E-state index in [-0.39, 0.29) is 37.2 Å². The normalized spacial score (nSPS) is 18.7. The van der Waals surface area contributed by atoms with Gasteiger partial charge in [0.25, 0.3) is 0 Å². The SMILES string of the molecule is CCOC(=O)CC(c1ccc(C)c(CN2CC(C)Oc3ccccc3S2(O)O)c1)c1cccc(=O)n1C. The number of esters is 1. The molecule has 2 aromatic carbocycles. The molecule has 2 unspecified atom stereocenters. The van der Waals surface area contributed by atoms with E-state index in [4.69, 9.17) is 9.47 Å². The molecule has 1 aromatic heterocycles. The summed E-state index contributed by atoms with van der Waals surface area (Å²) in [4.78, 5) is 25.3. The summed E-state index contributed by atoms with van der Waals surface area (Å²) in [6.45, 7) is 6.49. The Bertz CT molecular complexity index is 1340. The Balaban J connectivity index is 1.73. The van der Waals surface area contributed by atoms with Gasteiger partial charge in [-0.05, 0) is 55.7 Å². The lowest BCUT2D eigenvalue weighted by Crippen LogP contribution is -2.33. The number of rotatable bonds is 7. The predicted octanol–water partition coefficient (Wildman–Crippen LogP) is 5.09. The summed E-state index contributed by atoms with van der Waals surface area (Å²) in [6, 6.07) is 17.9. The van der Waals surface area contributed by atoms with Crippen LogP contribution in [0.3, 0.4) is 0 Å². The highest BCUT2D eigenvalue weighted by atomic mass is 32.3. The summed E-state index contributed by atoms with van der Waals surface area (Å²) < 4.78 is 37.1. The highest BCUT2D eigenvalue weighted by Gasteiger charge is 2.34. The molecule has 0 saturated carbocycles. The molecular formula is C28H34N2O6S. The fourth-order valence-electron chi connectivity index (χ4n) is 4.69. The molecule has 1 aliphatic rings. The van der Waals surface area contributed by atoms with Gasteiger partial charge in [0, 0.05) is 31.3 Å². The molecule has 3 aromatic rings. The quantitative estimate of drug-likeness (QED) is 0.414. The molecule has 9 heteroatoms. The van der Waals surface area contributed by atoms with Gasteiger partial charge < -0.3 is 14.0 Å². The largest absolute Gasteiger partial charge is 0.487 e. The van der Waals surface area contributed by atoms with Gasteiger partial charge in [-0.25, -0.2) is 0 Å². The van der Waals surface area contributed by atoms with Crippen LogP contribution in [0.4, 0.5) is 0 Å². The van der Waals surface area contributed by atoms with Gasteiger partial charge in [-0.15, -0.1) is 10.8 Å². The number of carbonyl (C=O) groups excluding carboxylic acids is 1. The molecule has 2 heterocycles. The van der Waals surface area contributed by atoms with Crippen molar-refractivity contribution in [2.45, 2.75) is 50.7 Å². The van der Waals surface area contributed by atoms with Gasteiger partial charge in [0.05, 0.1) is 19.6 Å². The number of carbonyl (C=O) groups is 1. The van der Waals surface area contributed by atoms with E-state index in [2.05, 4.69) is 0 Å². The van der Waals surface area contributed by atoms with E-state index in [1.165, 1.54) is 6.07 Å². The van der Waals surface area contributed by atoms with Crippen molar-refractivity contribution in [1.29, 1.82) is 0 Å². The first kappa shape index (κ1) is 26.9. The van der Waals surface area contributed by atoms with Gasteiger partial charge in [-0.3, -0.25) is 18.7 Å². The second kappa shape index (κ2) is 11.1. The number of hydrogen-bond acceptors (Lipinski definition) is 7. The van der Waals surface area contributed by atoms with E-state index in [1.54, 1.807) is 47.1 Å². The molecule has 0 aliphatic carbocycles. The van der Waals surface area contributed by atoms with Crippen LogP contribution in [0, 0.1) is 6.92 Å². The molecule has 0 spiro atoms. The Labute approximate surface area is 218 Å². The van der Waals surface area contributed by atoms with Gasteiger partial charge in [0.1, 0.15) is 16.7 Å². The number of aromatic nitrogens is 1. The molecule has 0 saturated heterocycles. The van der Waals surface area contributed by atoms with Gasteiger partial charge in [0.2, 0.25) is 5.56 Å². The summed E-state index contributed by atoms with van der Waals surface area (Å²) in [6.07, 6.45) is -0.182. The lowest BCUT2D eigenvalue weighted by atomic mass is 9.89. The number of pyridine rings is 1. The van der Waals surface area contributed by atoms with E-state index < -0.39 is 16.7 Å². The fourth-order valence-corrected chi connectivity index (χ4v) is 6.35. The topological polar surface area (TPSA) is 101 Å². The zero-order valence-electron chi connectivity index (χ0n) is 21.6. The molecule has 37 heavy (non-hydrogen) atoms. The third-order valence-electron chi connectivity index (χ3n) is 6.67. The van der Waals surface area contributed by atoms with E-state index in [0.29, 0.717) is 22.9 Å². The zero-order valence-corrected chi connectivity index (χ0v) is 22.4. The lowest BCUT2D eigenvalue weighted by molar-refractivity contribution is -0.143. The number of benzene rings is 2. The maximum Gasteiger partial charge on any atom is 0.306 e. The Morgan fingerprint density at radius 2 is 1.92 bits per heavy atom. The number of hydrogen-bond donors (Lipinski definition) is 2. The molecule has 0 amide bonds. The van der Waals surface area contributed by atoms with Crippen LogP contribution in [0.15, 0.2) is 70.4 Å². The molecule has 0 bridgehead atoms. The smallest absolute Gasteiger partial charge is 0.306 e. The van der Waals surface area contributed by atoms with Crippen LogP contribution in [-0.4, -0.2) is 43.2 Å². The predicted molar refractivity (Wildman–Crippen MR) is 144 cm³/mol. The maximum atomic E-state index is 12.5. The summed E-state index contributed by atoms with van der Waals surface area (Å²) in [5, 5.41) is 0. The molecule has 8 nitrogen and oxygen atoms in total. The van der Waals surface area contributed by atoms with Gasteiger partial charge >= 0.3 is 5.97 Å². The highest BCUT2D eigenvalue weighted by molar-refractivity contribution is 8.22. The molecule has 4 rings (SSSR count). The van der Waals surface area contributed by atoms with Crippen molar-refractivity contribution in [3.05, 3.63) is 93.4 Å². The zero-order chi connectivity index (χ0) is 26.7. The third kappa shape index (κ3) is 5.75. The summed E-state index contributed by atoms with van der Waals surface area (Å²) in [5.74, 6) is -0.289. The van der Waals surface area contributed by atoms with Crippen LogP contribution in [0.25, 0.3) is 0 Å². The van der Waals surface area contributed by atoms with E-state index in [1.807, 2.05) is 44.2 Å². The molecule has 198 valence electrons. The Kier molecular flexibility index (Phi) is 8.08. The summed E-state index contributed by atoms with van der Waals surface area (Å²) in [5.41, 5.74) is 3.24. The standard InChI is InChI=1S/C28H34N2O6S/c1-5-35-28(32)16-23(24-9-8-12-27(31)29(24)4)21-14-13-19(2)22(15-21)18-30-17-20(3)36-25-10-6-7-11-26(25)37(30,33)34/h6-15,20,23,33-34H,5,16-18H2,1-4H3. The number of nitrogens with zero attached hydrogens (tertiary/aromatic N) is 2. The van der Waals surface area contributed by atoms with Crippen molar-refractivity contribution in [2.75, 3.05) is 13.2 Å². The molecule has 2 atom stereocenters. The minimum atomic E-state index is -3.30. The number of para-hydroxylation sites is 1. The van der Waals surface area contributed by atoms with Crippen molar-refractivity contribution >= 4 is 16.7 Å². The third-order valence-corrected chi connectivity index (χ3v) is 8.60. The second-order valence-electron chi connectivity index (χ2n) is 9.31. The van der Waals surface area contributed by atoms with E-state index in [9.17, 15) is 18.7 Å². The van der Waals surface area contributed by atoms with Crippen LogP contribution in [0.1, 0.15) is 48.6 Å². The second-order valence-corrected chi connectivity index (χ2v) is 11.3. The fraction of sp³-hybridized carbons (Fsp3) is 0.357.